The summed E-state index contributed by atoms with van der Waals surface area (Å²) in [4.78, 5) is 18.5. The van der Waals surface area contributed by atoms with E-state index in [0.29, 0.717) is 44.2 Å². The van der Waals surface area contributed by atoms with Crippen molar-refractivity contribution in [2.24, 2.45) is 0 Å². The Balaban J connectivity index is 1.59. The SMILES string of the molecule is CCc1ccc2[nH]c(=O)c([C@H](c3nnnn3C[C@H]3CCCO3)N3CCOCC3)cc2c1. The number of tetrazole rings is 1. The monoisotopic (exact) mass is 424 g/mol. The summed E-state index contributed by atoms with van der Waals surface area (Å²) in [7, 11) is 0. The van der Waals surface area contributed by atoms with Crippen LogP contribution in [0.4, 0.5) is 0 Å². The number of H-pyrrole nitrogens is 1. The van der Waals surface area contributed by atoms with Gasteiger partial charge in [-0.15, -0.1) is 5.10 Å². The summed E-state index contributed by atoms with van der Waals surface area (Å²) in [5, 5.41) is 13.6. The first-order valence-electron chi connectivity index (χ1n) is 11.1. The van der Waals surface area contributed by atoms with Crippen LogP contribution >= 0.6 is 0 Å². The minimum atomic E-state index is -0.348. The summed E-state index contributed by atoms with van der Waals surface area (Å²) < 4.78 is 13.2. The number of benzene rings is 1. The number of ether oxygens (including phenoxy) is 2. The summed E-state index contributed by atoms with van der Waals surface area (Å²) >= 11 is 0. The highest BCUT2D eigenvalue weighted by molar-refractivity contribution is 5.80. The number of aromatic nitrogens is 5. The third-order valence-electron chi connectivity index (χ3n) is 6.26. The molecule has 2 saturated heterocycles. The first-order valence-corrected chi connectivity index (χ1v) is 11.1. The highest BCUT2D eigenvalue weighted by Crippen LogP contribution is 2.28. The Hall–Kier alpha value is -2.62. The van der Waals surface area contributed by atoms with Gasteiger partial charge in [-0.3, -0.25) is 9.69 Å². The Bertz CT molecular complexity index is 1100. The second-order valence-electron chi connectivity index (χ2n) is 8.23. The van der Waals surface area contributed by atoms with Crippen molar-refractivity contribution in [2.45, 2.75) is 44.9 Å². The Morgan fingerprint density at radius 2 is 2.10 bits per heavy atom. The number of rotatable bonds is 6. The molecule has 0 amide bonds. The largest absolute Gasteiger partial charge is 0.379 e. The van der Waals surface area contributed by atoms with E-state index < -0.39 is 0 Å². The smallest absolute Gasteiger partial charge is 0.253 e. The lowest BCUT2D eigenvalue weighted by molar-refractivity contribution is 0.0205. The topological polar surface area (TPSA) is 98.2 Å². The first kappa shape index (κ1) is 20.3. The Kier molecular flexibility index (Phi) is 5.80. The van der Waals surface area contributed by atoms with Gasteiger partial charge in [0.2, 0.25) is 0 Å². The number of aryl methyl sites for hydroxylation is 1. The van der Waals surface area contributed by atoms with E-state index in [-0.39, 0.29) is 17.7 Å². The number of pyridine rings is 1. The molecule has 0 aliphatic carbocycles. The van der Waals surface area contributed by atoms with E-state index in [9.17, 15) is 4.79 Å². The van der Waals surface area contributed by atoms with Gasteiger partial charge in [-0.05, 0) is 58.8 Å². The molecule has 3 aromatic rings. The Labute approximate surface area is 180 Å². The lowest BCUT2D eigenvalue weighted by atomic mass is 10.0. The lowest BCUT2D eigenvalue weighted by Gasteiger charge is -2.33. The van der Waals surface area contributed by atoms with Gasteiger partial charge in [-0.2, -0.15) is 0 Å². The number of aromatic amines is 1. The van der Waals surface area contributed by atoms with Gasteiger partial charge in [0.05, 0.1) is 25.9 Å². The molecule has 0 saturated carbocycles. The molecule has 2 atom stereocenters. The minimum absolute atomic E-state index is 0.106. The molecule has 2 aliphatic heterocycles. The standard InChI is InChI=1S/C22H28N6O3/c1-2-15-5-6-19-16(12-15)13-18(22(29)23-19)20(27-7-10-30-11-8-27)21-24-25-26-28(21)14-17-4-3-9-31-17/h5-6,12-13,17,20H,2-4,7-11,14H2,1H3,(H,23,29)/t17-,20-/m1/s1. The molecular weight excluding hydrogens is 396 g/mol. The zero-order chi connectivity index (χ0) is 21.2. The van der Waals surface area contributed by atoms with E-state index in [1.54, 1.807) is 0 Å². The summed E-state index contributed by atoms with van der Waals surface area (Å²) in [6.45, 7) is 6.16. The summed E-state index contributed by atoms with van der Waals surface area (Å²) in [5.41, 5.74) is 2.62. The molecule has 2 aromatic heterocycles. The molecule has 0 radical (unpaired) electrons. The zero-order valence-corrected chi connectivity index (χ0v) is 17.8. The third kappa shape index (κ3) is 4.13. The molecule has 1 aromatic carbocycles. The van der Waals surface area contributed by atoms with Crippen molar-refractivity contribution in [3.05, 3.63) is 51.6 Å². The van der Waals surface area contributed by atoms with Crippen LogP contribution in [-0.4, -0.2) is 69.1 Å². The molecule has 2 aliphatic rings. The van der Waals surface area contributed by atoms with Crippen molar-refractivity contribution < 1.29 is 9.47 Å². The van der Waals surface area contributed by atoms with Crippen LogP contribution in [0.5, 0.6) is 0 Å². The highest BCUT2D eigenvalue weighted by atomic mass is 16.5. The Morgan fingerprint density at radius 3 is 2.87 bits per heavy atom. The van der Waals surface area contributed by atoms with Crippen LogP contribution in [0.3, 0.4) is 0 Å². The van der Waals surface area contributed by atoms with Gasteiger partial charge in [-0.25, -0.2) is 4.68 Å². The minimum Gasteiger partial charge on any atom is -0.379 e. The fourth-order valence-electron chi connectivity index (χ4n) is 4.55. The van der Waals surface area contributed by atoms with Crippen molar-refractivity contribution in [3.63, 3.8) is 0 Å². The number of nitrogens with zero attached hydrogens (tertiary/aromatic N) is 5. The maximum atomic E-state index is 13.2. The number of nitrogens with one attached hydrogen (secondary N) is 1. The maximum absolute atomic E-state index is 13.2. The van der Waals surface area contributed by atoms with Gasteiger partial charge in [0, 0.05) is 30.8 Å². The number of hydrogen-bond acceptors (Lipinski definition) is 7. The van der Waals surface area contributed by atoms with Crippen LogP contribution in [0.2, 0.25) is 0 Å². The Morgan fingerprint density at radius 1 is 1.23 bits per heavy atom. The molecule has 9 heteroatoms. The van der Waals surface area contributed by atoms with Crippen molar-refractivity contribution in [1.29, 1.82) is 0 Å². The van der Waals surface area contributed by atoms with E-state index in [1.165, 1.54) is 5.56 Å². The second-order valence-corrected chi connectivity index (χ2v) is 8.23. The van der Waals surface area contributed by atoms with Crippen LogP contribution in [0, 0.1) is 0 Å². The van der Waals surface area contributed by atoms with Crippen LogP contribution in [-0.2, 0) is 22.4 Å². The third-order valence-corrected chi connectivity index (χ3v) is 6.26. The van der Waals surface area contributed by atoms with Crippen molar-refractivity contribution in [2.75, 3.05) is 32.9 Å². The van der Waals surface area contributed by atoms with Crippen molar-refractivity contribution >= 4 is 10.9 Å². The fraction of sp³-hybridized carbons (Fsp3) is 0.545. The summed E-state index contributed by atoms with van der Waals surface area (Å²) in [6, 6.07) is 7.82. The van der Waals surface area contributed by atoms with E-state index in [1.807, 2.05) is 16.8 Å². The molecule has 0 unspecified atom stereocenters. The average molecular weight is 425 g/mol. The predicted molar refractivity (Wildman–Crippen MR) is 115 cm³/mol. The zero-order valence-electron chi connectivity index (χ0n) is 17.8. The second kappa shape index (κ2) is 8.86. The van der Waals surface area contributed by atoms with Crippen LogP contribution in [0.15, 0.2) is 29.1 Å². The molecule has 31 heavy (non-hydrogen) atoms. The molecule has 4 heterocycles. The van der Waals surface area contributed by atoms with Crippen molar-refractivity contribution in [3.8, 4) is 0 Å². The lowest BCUT2D eigenvalue weighted by Crippen LogP contribution is -2.42. The number of hydrogen-bond donors (Lipinski definition) is 1. The van der Waals surface area contributed by atoms with Gasteiger partial charge in [0.1, 0.15) is 6.04 Å². The molecule has 2 fully saturated rings. The summed E-state index contributed by atoms with van der Waals surface area (Å²) in [5.74, 6) is 0.675. The van der Waals surface area contributed by atoms with E-state index >= 15 is 0 Å². The molecule has 0 spiro atoms. The molecule has 5 rings (SSSR count). The van der Waals surface area contributed by atoms with Gasteiger partial charge in [-0.1, -0.05) is 13.0 Å². The number of fused-ring (bicyclic) bond motifs is 1. The average Bonchev–Trinajstić information content (AvgIpc) is 3.48. The van der Waals surface area contributed by atoms with Gasteiger partial charge in [0.15, 0.2) is 5.82 Å². The fourth-order valence-corrected chi connectivity index (χ4v) is 4.55. The molecule has 164 valence electrons. The van der Waals surface area contributed by atoms with E-state index in [4.69, 9.17) is 9.47 Å². The highest BCUT2D eigenvalue weighted by Gasteiger charge is 2.32. The van der Waals surface area contributed by atoms with Crippen LogP contribution < -0.4 is 5.56 Å². The van der Waals surface area contributed by atoms with Crippen molar-refractivity contribution in [1.82, 2.24) is 30.1 Å². The first-order chi connectivity index (χ1) is 15.2. The van der Waals surface area contributed by atoms with Gasteiger partial charge < -0.3 is 14.5 Å². The normalized spacial score (nSPS) is 21.0. The molecule has 0 bridgehead atoms. The quantitative estimate of drug-likeness (QED) is 0.643. The molecular formula is C22H28N6O3. The summed E-state index contributed by atoms with van der Waals surface area (Å²) in [6.07, 6.45) is 3.10. The van der Waals surface area contributed by atoms with E-state index in [2.05, 4.69) is 44.5 Å². The number of morpholine rings is 1. The van der Waals surface area contributed by atoms with E-state index in [0.717, 1.165) is 36.8 Å². The molecule has 1 N–H and O–H groups in total. The molecule has 9 nitrogen and oxygen atoms in total. The van der Waals surface area contributed by atoms with Crippen LogP contribution in [0.1, 0.15) is 42.8 Å². The maximum Gasteiger partial charge on any atom is 0.253 e. The van der Waals surface area contributed by atoms with Crippen LogP contribution in [0.25, 0.3) is 10.9 Å². The van der Waals surface area contributed by atoms with Gasteiger partial charge >= 0.3 is 0 Å². The van der Waals surface area contributed by atoms with Gasteiger partial charge in [0.25, 0.3) is 5.56 Å². The predicted octanol–water partition coefficient (Wildman–Crippen LogP) is 1.68.